The lowest BCUT2D eigenvalue weighted by atomic mass is 10.1. The molecule has 0 saturated heterocycles. The lowest BCUT2D eigenvalue weighted by molar-refractivity contribution is -0.139. The number of carbonyl (C=O) groups is 2. The fourth-order valence-electron chi connectivity index (χ4n) is 4.33. The second-order valence-electron chi connectivity index (χ2n) is 10.1. The van der Waals surface area contributed by atoms with Gasteiger partial charge in [0.25, 0.3) is 10.0 Å². The molecule has 218 valence electrons. The first-order chi connectivity index (χ1) is 19.5. The smallest absolute Gasteiger partial charge is 0.264 e. The Morgan fingerprint density at radius 2 is 1.56 bits per heavy atom. The number of nitrogens with one attached hydrogen (secondary N) is 1. The molecule has 0 radical (unpaired) electrons. The Bertz CT molecular complexity index is 1490. The Morgan fingerprint density at radius 1 is 0.927 bits per heavy atom. The van der Waals surface area contributed by atoms with Gasteiger partial charge in [-0.1, -0.05) is 29.8 Å². The predicted octanol–water partition coefficient (Wildman–Crippen LogP) is 4.04. The zero-order valence-electron chi connectivity index (χ0n) is 23.5. The monoisotopic (exact) mass is 583 g/mol. The third-order valence-electron chi connectivity index (χ3n) is 6.57. The van der Waals surface area contributed by atoms with Crippen molar-refractivity contribution >= 4 is 27.5 Å². The third-order valence-corrected chi connectivity index (χ3v) is 8.34. The van der Waals surface area contributed by atoms with Crippen molar-refractivity contribution in [3.05, 3.63) is 83.7 Å². The molecule has 0 unspecified atom stereocenters. The summed E-state index contributed by atoms with van der Waals surface area (Å²) in [5.41, 5.74) is 1.89. The van der Waals surface area contributed by atoms with E-state index in [1.165, 1.54) is 35.2 Å². The van der Waals surface area contributed by atoms with E-state index in [9.17, 15) is 22.4 Å². The van der Waals surface area contributed by atoms with Crippen LogP contribution in [0, 0.1) is 12.7 Å². The maximum atomic E-state index is 14.0. The SMILES string of the molecule is Cc1ccc(CN(C(=O)CN(c2ccc(F)cc2)S(=O)(=O)c2ccc3c(c2)OCCO3)[C@@H](C)C(=O)NC(C)C)cc1. The highest BCUT2D eigenvalue weighted by Crippen LogP contribution is 2.34. The average molecular weight is 584 g/mol. The summed E-state index contributed by atoms with van der Waals surface area (Å²) in [6, 6.07) is 15.5. The van der Waals surface area contributed by atoms with E-state index >= 15 is 0 Å². The molecule has 3 aromatic rings. The maximum Gasteiger partial charge on any atom is 0.264 e. The fourth-order valence-corrected chi connectivity index (χ4v) is 5.76. The number of benzene rings is 3. The molecule has 9 nitrogen and oxygen atoms in total. The minimum absolute atomic E-state index is 0.0765. The highest BCUT2D eigenvalue weighted by atomic mass is 32.2. The highest BCUT2D eigenvalue weighted by molar-refractivity contribution is 7.92. The van der Waals surface area contributed by atoms with Gasteiger partial charge in [-0.25, -0.2) is 12.8 Å². The van der Waals surface area contributed by atoms with Crippen LogP contribution < -0.4 is 19.1 Å². The maximum absolute atomic E-state index is 14.0. The van der Waals surface area contributed by atoms with Crippen LogP contribution in [0.3, 0.4) is 0 Å². The first-order valence-corrected chi connectivity index (χ1v) is 14.7. The van der Waals surface area contributed by atoms with Crippen molar-refractivity contribution in [3.63, 3.8) is 0 Å². The molecule has 0 aromatic heterocycles. The van der Waals surface area contributed by atoms with E-state index in [2.05, 4.69) is 5.32 Å². The molecule has 11 heteroatoms. The quantitative estimate of drug-likeness (QED) is 0.386. The third kappa shape index (κ3) is 7.15. The normalized spacial score (nSPS) is 13.4. The minimum Gasteiger partial charge on any atom is -0.486 e. The number of anilines is 1. The van der Waals surface area contributed by atoms with Crippen molar-refractivity contribution in [1.82, 2.24) is 10.2 Å². The first kappa shape index (κ1) is 29.9. The Labute approximate surface area is 239 Å². The first-order valence-electron chi connectivity index (χ1n) is 13.3. The van der Waals surface area contributed by atoms with Gasteiger partial charge < -0.3 is 19.7 Å². The standard InChI is InChI=1S/C30H34FN3O6S/c1-20(2)32-30(36)22(4)33(18-23-7-5-21(3)6-8-23)29(35)19-34(25-11-9-24(31)10-12-25)41(37,38)26-13-14-27-28(17-26)40-16-15-39-27/h5-14,17,20,22H,15-16,18-19H2,1-4H3,(H,32,36)/t22-/m0/s1. The number of fused-ring (bicyclic) bond motifs is 1. The second kappa shape index (κ2) is 12.6. The van der Waals surface area contributed by atoms with Gasteiger partial charge in [0.1, 0.15) is 31.6 Å². The molecule has 2 amide bonds. The summed E-state index contributed by atoms with van der Waals surface area (Å²) in [4.78, 5) is 28.1. The topological polar surface area (TPSA) is 105 Å². The molecule has 0 spiro atoms. The average Bonchev–Trinajstić information content (AvgIpc) is 2.95. The van der Waals surface area contributed by atoms with E-state index in [0.717, 1.165) is 27.6 Å². The summed E-state index contributed by atoms with van der Waals surface area (Å²) in [7, 11) is -4.35. The number of ether oxygens (including phenoxy) is 2. The van der Waals surface area contributed by atoms with Gasteiger partial charge in [0.2, 0.25) is 11.8 Å². The molecule has 0 fully saturated rings. The zero-order valence-corrected chi connectivity index (χ0v) is 24.3. The van der Waals surface area contributed by atoms with Crippen LogP contribution in [0.5, 0.6) is 11.5 Å². The van der Waals surface area contributed by atoms with Gasteiger partial charge in [-0.05, 0) is 69.7 Å². The number of aryl methyl sites for hydroxylation is 1. The Hall–Kier alpha value is -4.12. The van der Waals surface area contributed by atoms with Crippen LogP contribution in [0.2, 0.25) is 0 Å². The highest BCUT2D eigenvalue weighted by Gasteiger charge is 2.33. The number of hydrogen-bond acceptors (Lipinski definition) is 6. The molecule has 0 aliphatic carbocycles. The van der Waals surface area contributed by atoms with Crippen LogP contribution in [0.4, 0.5) is 10.1 Å². The van der Waals surface area contributed by atoms with Crippen molar-refractivity contribution in [1.29, 1.82) is 0 Å². The Morgan fingerprint density at radius 3 is 2.20 bits per heavy atom. The molecule has 1 aliphatic heterocycles. The molecule has 1 N–H and O–H groups in total. The number of nitrogens with zero attached hydrogens (tertiary/aromatic N) is 2. The van der Waals surface area contributed by atoms with Gasteiger partial charge in [-0.2, -0.15) is 0 Å². The lowest BCUT2D eigenvalue weighted by Gasteiger charge is -2.32. The number of carbonyl (C=O) groups excluding carboxylic acids is 2. The number of amides is 2. The van der Waals surface area contributed by atoms with Crippen LogP contribution in [0.25, 0.3) is 0 Å². The van der Waals surface area contributed by atoms with Crippen LogP contribution in [-0.2, 0) is 26.2 Å². The summed E-state index contributed by atoms with van der Waals surface area (Å²) >= 11 is 0. The van der Waals surface area contributed by atoms with Crippen molar-refractivity contribution < 1.29 is 31.9 Å². The number of halogens is 1. The fraction of sp³-hybridized carbons (Fsp3) is 0.333. The van der Waals surface area contributed by atoms with Crippen molar-refractivity contribution in [2.45, 2.75) is 51.2 Å². The van der Waals surface area contributed by atoms with Crippen LogP contribution in [0.15, 0.2) is 71.6 Å². The van der Waals surface area contributed by atoms with Crippen molar-refractivity contribution in [2.75, 3.05) is 24.1 Å². The largest absolute Gasteiger partial charge is 0.486 e. The van der Waals surface area contributed by atoms with Crippen molar-refractivity contribution in [2.24, 2.45) is 0 Å². The van der Waals surface area contributed by atoms with Crippen LogP contribution in [-0.4, -0.2) is 57.0 Å². The van der Waals surface area contributed by atoms with Gasteiger partial charge in [-0.15, -0.1) is 0 Å². The van der Waals surface area contributed by atoms with Gasteiger partial charge in [0.15, 0.2) is 11.5 Å². The molecule has 41 heavy (non-hydrogen) atoms. The van der Waals surface area contributed by atoms with Gasteiger partial charge in [0, 0.05) is 18.7 Å². The molecule has 1 aliphatic rings. The molecule has 4 rings (SSSR count). The summed E-state index contributed by atoms with van der Waals surface area (Å²) in [5, 5.41) is 2.82. The van der Waals surface area contributed by atoms with Gasteiger partial charge >= 0.3 is 0 Å². The molecule has 0 bridgehead atoms. The summed E-state index contributed by atoms with van der Waals surface area (Å²) in [6.45, 7) is 7.21. The predicted molar refractivity (Wildman–Crippen MR) is 153 cm³/mol. The number of hydrogen-bond donors (Lipinski definition) is 1. The van der Waals surface area contributed by atoms with E-state index in [4.69, 9.17) is 9.47 Å². The second-order valence-corrected chi connectivity index (χ2v) is 12.0. The molecular weight excluding hydrogens is 549 g/mol. The molecule has 1 heterocycles. The number of sulfonamides is 1. The van der Waals surface area contributed by atoms with Gasteiger partial charge in [0.05, 0.1) is 10.6 Å². The van der Waals surface area contributed by atoms with E-state index in [0.29, 0.717) is 12.4 Å². The Kier molecular flexibility index (Phi) is 9.17. The summed E-state index contributed by atoms with van der Waals surface area (Å²) in [6.07, 6.45) is 0. The van der Waals surface area contributed by atoms with E-state index in [-0.39, 0.29) is 41.4 Å². The molecule has 1 atom stereocenters. The lowest BCUT2D eigenvalue weighted by Crippen LogP contribution is -2.52. The zero-order chi connectivity index (χ0) is 29.7. The molecular formula is C30H34FN3O6S. The van der Waals surface area contributed by atoms with Gasteiger partial charge in [-0.3, -0.25) is 13.9 Å². The van der Waals surface area contributed by atoms with Crippen LogP contribution in [0.1, 0.15) is 31.9 Å². The molecule has 0 saturated carbocycles. The summed E-state index contributed by atoms with van der Waals surface area (Å²) < 4.78 is 53.8. The van der Waals surface area contributed by atoms with Crippen LogP contribution >= 0.6 is 0 Å². The minimum atomic E-state index is -4.35. The van der Waals surface area contributed by atoms with E-state index in [1.807, 2.05) is 45.0 Å². The number of rotatable bonds is 10. The Balaban J connectivity index is 1.72. The van der Waals surface area contributed by atoms with Crippen molar-refractivity contribution in [3.8, 4) is 11.5 Å². The van der Waals surface area contributed by atoms with E-state index < -0.39 is 34.3 Å². The summed E-state index contributed by atoms with van der Waals surface area (Å²) in [5.74, 6) is -0.862. The van der Waals surface area contributed by atoms with E-state index in [1.54, 1.807) is 6.92 Å². The molecule has 3 aromatic carbocycles.